The molecule has 0 bridgehead atoms. The van der Waals surface area contributed by atoms with Gasteiger partial charge in [-0.05, 0) is 43.0 Å². The SMILES string of the molecule is COc1ccc(NC(=O)[C@@H]2CCCN(C(=O)CCc3c[nH]c4ccccc34)C2)cc1OC. The Hall–Kier alpha value is -3.48. The molecule has 7 nitrogen and oxygen atoms in total. The molecule has 1 fully saturated rings. The van der Waals surface area contributed by atoms with Gasteiger partial charge >= 0.3 is 0 Å². The quantitative estimate of drug-likeness (QED) is 0.588. The maximum absolute atomic E-state index is 12.9. The first kappa shape index (κ1) is 21.7. The second-order valence-electron chi connectivity index (χ2n) is 8.10. The van der Waals surface area contributed by atoms with Crippen LogP contribution in [0.2, 0.25) is 0 Å². The molecule has 0 radical (unpaired) electrons. The number of para-hydroxylation sites is 1. The average Bonchev–Trinajstić information content (AvgIpc) is 3.25. The first-order chi connectivity index (χ1) is 15.6. The molecule has 2 heterocycles. The van der Waals surface area contributed by atoms with Gasteiger partial charge in [0.2, 0.25) is 11.8 Å². The molecule has 1 aromatic heterocycles. The van der Waals surface area contributed by atoms with E-state index in [0.717, 1.165) is 29.3 Å². The number of benzene rings is 2. The van der Waals surface area contributed by atoms with Crippen LogP contribution in [0.25, 0.3) is 10.9 Å². The molecule has 0 aliphatic carbocycles. The Kier molecular flexibility index (Phi) is 6.63. The smallest absolute Gasteiger partial charge is 0.229 e. The fourth-order valence-electron chi connectivity index (χ4n) is 4.31. The van der Waals surface area contributed by atoms with Crippen LogP contribution < -0.4 is 14.8 Å². The fraction of sp³-hybridized carbons (Fsp3) is 0.360. The van der Waals surface area contributed by atoms with Crippen LogP contribution >= 0.6 is 0 Å². The Morgan fingerprint density at radius 2 is 1.94 bits per heavy atom. The molecule has 2 N–H and O–H groups in total. The number of nitrogens with zero attached hydrogens (tertiary/aromatic N) is 1. The normalized spacial score (nSPS) is 16.1. The van der Waals surface area contributed by atoms with Gasteiger partial charge in [0, 0.05) is 48.4 Å². The molecule has 2 amide bonds. The zero-order valence-corrected chi connectivity index (χ0v) is 18.5. The predicted molar refractivity (Wildman–Crippen MR) is 124 cm³/mol. The van der Waals surface area contributed by atoms with Gasteiger partial charge in [0.05, 0.1) is 20.1 Å². The summed E-state index contributed by atoms with van der Waals surface area (Å²) in [6.07, 6.45) is 4.69. The molecule has 1 aliphatic heterocycles. The molecule has 32 heavy (non-hydrogen) atoms. The monoisotopic (exact) mass is 435 g/mol. The van der Waals surface area contributed by atoms with Crippen molar-refractivity contribution >= 4 is 28.4 Å². The van der Waals surface area contributed by atoms with Crippen LogP contribution in [-0.4, -0.2) is 49.0 Å². The van der Waals surface area contributed by atoms with Gasteiger partial charge in [0.25, 0.3) is 0 Å². The number of nitrogens with one attached hydrogen (secondary N) is 2. The van der Waals surface area contributed by atoms with E-state index in [0.29, 0.717) is 43.1 Å². The number of rotatable bonds is 7. The second kappa shape index (κ2) is 9.77. The van der Waals surface area contributed by atoms with Crippen LogP contribution in [0.1, 0.15) is 24.8 Å². The summed E-state index contributed by atoms with van der Waals surface area (Å²) in [5.41, 5.74) is 2.88. The number of methoxy groups -OCH3 is 2. The summed E-state index contributed by atoms with van der Waals surface area (Å²) in [6, 6.07) is 13.4. The zero-order valence-electron chi connectivity index (χ0n) is 18.5. The number of hydrogen-bond donors (Lipinski definition) is 2. The Morgan fingerprint density at radius 3 is 2.75 bits per heavy atom. The summed E-state index contributed by atoms with van der Waals surface area (Å²) in [4.78, 5) is 30.8. The van der Waals surface area contributed by atoms with Crippen molar-refractivity contribution in [3.8, 4) is 11.5 Å². The predicted octanol–water partition coefficient (Wildman–Crippen LogP) is 4.00. The summed E-state index contributed by atoms with van der Waals surface area (Å²) in [7, 11) is 3.13. The number of aryl methyl sites for hydroxylation is 1. The molecule has 0 saturated carbocycles. The molecule has 2 aromatic carbocycles. The van der Waals surface area contributed by atoms with Crippen molar-refractivity contribution in [1.82, 2.24) is 9.88 Å². The highest BCUT2D eigenvalue weighted by Gasteiger charge is 2.28. The van der Waals surface area contributed by atoms with E-state index in [1.807, 2.05) is 29.3 Å². The van der Waals surface area contributed by atoms with Crippen molar-refractivity contribution in [3.63, 3.8) is 0 Å². The number of amides is 2. The number of carbonyl (C=O) groups is 2. The van der Waals surface area contributed by atoms with Gasteiger partial charge in [-0.15, -0.1) is 0 Å². The van der Waals surface area contributed by atoms with Gasteiger partial charge in [-0.25, -0.2) is 0 Å². The van der Waals surface area contributed by atoms with Gasteiger partial charge in [0.15, 0.2) is 11.5 Å². The zero-order chi connectivity index (χ0) is 22.5. The van der Waals surface area contributed by atoms with Crippen molar-refractivity contribution in [2.45, 2.75) is 25.7 Å². The highest BCUT2D eigenvalue weighted by atomic mass is 16.5. The van der Waals surface area contributed by atoms with E-state index < -0.39 is 0 Å². The van der Waals surface area contributed by atoms with E-state index in [4.69, 9.17) is 9.47 Å². The van der Waals surface area contributed by atoms with Crippen LogP contribution in [0, 0.1) is 5.92 Å². The van der Waals surface area contributed by atoms with Gasteiger partial charge < -0.3 is 24.7 Å². The summed E-state index contributed by atoms with van der Waals surface area (Å²) >= 11 is 0. The lowest BCUT2D eigenvalue weighted by Gasteiger charge is -2.32. The molecule has 168 valence electrons. The Balaban J connectivity index is 1.34. The fourth-order valence-corrected chi connectivity index (χ4v) is 4.31. The molecule has 1 atom stereocenters. The highest BCUT2D eigenvalue weighted by Crippen LogP contribution is 2.30. The minimum atomic E-state index is -0.228. The lowest BCUT2D eigenvalue weighted by Crippen LogP contribution is -2.43. The number of H-pyrrole nitrogens is 1. The average molecular weight is 436 g/mol. The maximum atomic E-state index is 12.9. The molecule has 1 aliphatic rings. The minimum Gasteiger partial charge on any atom is -0.493 e. The van der Waals surface area contributed by atoms with Crippen molar-refractivity contribution in [2.75, 3.05) is 32.6 Å². The molecule has 0 unspecified atom stereocenters. The van der Waals surface area contributed by atoms with Crippen molar-refractivity contribution in [1.29, 1.82) is 0 Å². The van der Waals surface area contributed by atoms with Crippen molar-refractivity contribution < 1.29 is 19.1 Å². The summed E-state index contributed by atoms with van der Waals surface area (Å²) < 4.78 is 10.5. The largest absolute Gasteiger partial charge is 0.493 e. The number of carbonyl (C=O) groups excluding carboxylic acids is 2. The lowest BCUT2D eigenvalue weighted by atomic mass is 9.96. The number of aromatic nitrogens is 1. The topological polar surface area (TPSA) is 83.7 Å². The maximum Gasteiger partial charge on any atom is 0.229 e. The summed E-state index contributed by atoms with van der Waals surface area (Å²) in [5.74, 6) is 0.956. The van der Waals surface area contributed by atoms with E-state index in [-0.39, 0.29) is 17.7 Å². The molecule has 4 rings (SSSR count). The first-order valence-electron chi connectivity index (χ1n) is 10.9. The molecule has 1 saturated heterocycles. The van der Waals surface area contributed by atoms with Gasteiger partial charge in [-0.1, -0.05) is 18.2 Å². The summed E-state index contributed by atoms with van der Waals surface area (Å²) in [6.45, 7) is 1.15. The molecular formula is C25H29N3O4. The standard InChI is InChI=1S/C25H29N3O4/c1-31-22-11-10-19(14-23(22)32-2)27-25(30)18-6-5-13-28(16-18)24(29)12-9-17-15-26-21-8-4-3-7-20(17)21/h3-4,7-8,10-11,14-15,18,26H,5-6,9,12-13,16H2,1-2H3,(H,27,30)/t18-/m1/s1. The number of hydrogen-bond acceptors (Lipinski definition) is 4. The van der Waals surface area contributed by atoms with E-state index in [1.165, 1.54) is 0 Å². The third-order valence-corrected chi connectivity index (χ3v) is 6.08. The van der Waals surface area contributed by atoms with Crippen molar-refractivity contribution in [3.05, 3.63) is 54.2 Å². The van der Waals surface area contributed by atoms with Crippen LogP contribution in [0.3, 0.4) is 0 Å². The first-order valence-corrected chi connectivity index (χ1v) is 10.9. The van der Waals surface area contributed by atoms with E-state index >= 15 is 0 Å². The van der Waals surface area contributed by atoms with Gasteiger partial charge in [0.1, 0.15) is 0 Å². The van der Waals surface area contributed by atoms with Crippen LogP contribution in [0.15, 0.2) is 48.7 Å². The Labute approximate surface area is 187 Å². The number of aromatic amines is 1. The molecule has 0 spiro atoms. The minimum absolute atomic E-state index is 0.0775. The molecular weight excluding hydrogens is 406 g/mol. The molecule has 7 heteroatoms. The lowest BCUT2D eigenvalue weighted by molar-refractivity contribution is -0.134. The molecule has 3 aromatic rings. The number of fused-ring (bicyclic) bond motifs is 1. The van der Waals surface area contributed by atoms with Gasteiger partial charge in [-0.3, -0.25) is 9.59 Å². The Morgan fingerprint density at radius 1 is 1.12 bits per heavy atom. The van der Waals surface area contributed by atoms with Crippen LogP contribution in [-0.2, 0) is 16.0 Å². The van der Waals surface area contributed by atoms with Gasteiger partial charge in [-0.2, -0.15) is 0 Å². The van der Waals surface area contributed by atoms with Crippen molar-refractivity contribution in [2.24, 2.45) is 5.92 Å². The third kappa shape index (κ3) is 4.72. The third-order valence-electron chi connectivity index (χ3n) is 6.08. The van der Waals surface area contributed by atoms with Crippen LogP contribution in [0.4, 0.5) is 5.69 Å². The Bertz CT molecular complexity index is 1110. The van der Waals surface area contributed by atoms with E-state index in [1.54, 1.807) is 32.4 Å². The van der Waals surface area contributed by atoms with Crippen LogP contribution in [0.5, 0.6) is 11.5 Å². The number of ether oxygens (including phenoxy) is 2. The number of piperidine rings is 1. The van der Waals surface area contributed by atoms with E-state index in [9.17, 15) is 9.59 Å². The summed E-state index contributed by atoms with van der Waals surface area (Å²) in [5, 5.41) is 4.11. The number of anilines is 1. The van der Waals surface area contributed by atoms with E-state index in [2.05, 4.69) is 16.4 Å². The highest BCUT2D eigenvalue weighted by molar-refractivity contribution is 5.93. The second-order valence-corrected chi connectivity index (χ2v) is 8.10. The number of likely N-dealkylation sites (tertiary alicyclic amines) is 1.